The molecule has 0 unspecified atom stereocenters. The molecule has 0 radical (unpaired) electrons. The number of thioether (sulfide) groups is 1. The smallest absolute Gasteiger partial charge is 0.239 e. The lowest BCUT2D eigenvalue weighted by molar-refractivity contribution is -0.121. The summed E-state index contributed by atoms with van der Waals surface area (Å²) in [6.07, 6.45) is 4.41. The number of amides is 1. The molecule has 0 aromatic rings. The summed E-state index contributed by atoms with van der Waals surface area (Å²) in [6.45, 7) is 7.00. The predicted octanol–water partition coefficient (Wildman–Crippen LogP) is 1.83. The third-order valence-corrected chi connectivity index (χ3v) is 2.92. The highest BCUT2D eigenvalue weighted by atomic mass is 127. The first-order valence-electron chi connectivity index (χ1n) is 6.63. The lowest BCUT2D eigenvalue weighted by Crippen LogP contribution is -2.48. The average molecular weight is 416 g/mol. The number of guanidine groups is 1. The quantitative estimate of drug-likeness (QED) is 0.257. The van der Waals surface area contributed by atoms with Gasteiger partial charge in [0.05, 0.1) is 6.54 Å². The van der Waals surface area contributed by atoms with E-state index in [1.165, 1.54) is 12.2 Å². The Kier molecular flexibility index (Phi) is 13.9. The third-order valence-electron chi connectivity index (χ3n) is 2.22. The molecule has 0 aliphatic carbocycles. The van der Waals surface area contributed by atoms with Crippen molar-refractivity contribution < 1.29 is 4.79 Å². The minimum atomic E-state index is -0.201. The van der Waals surface area contributed by atoms with Crippen molar-refractivity contribution in [3.05, 3.63) is 0 Å². The predicted molar refractivity (Wildman–Crippen MR) is 100 cm³/mol. The second kappa shape index (κ2) is 12.6. The molecular weight excluding hydrogens is 387 g/mol. The maximum Gasteiger partial charge on any atom is 0.239 e. The molecule has 0 aromatic carbocycles. The van der Waals surface area contributed by atoms with Gasteiger partial charge >= 0.3 is 0 Å². The zero-order chi connectivity index (χ0) is 14.7. The van der Waals surface area contributed by atoms with Gasteiger partial charge in [0.15, 0.2) is 5.96 Å². The summed E-state index contributed by atoms with van der Waals surface area (Å²) in [5.41, 5.74) is -0.201. The number of carbonyl (C=O) groups is 1. The number of rotatable bonds is 7. The molecule has 20 heavy (non-hydrogen) atoms. The Balaban J connectivity index is 0. The van der Waals surface area contributed by atoms with Crippen LogP contribution in [0.25, 0.3) is 0 Å². The second-order valence-electron chi connectivity index (χ2n) is 5.35. The molecule has 0 aromatic heterocycles. The van der Waals surface area contributed by atoms with E-state index in [9.17, 15) is 4.79 Å². The van der Waals surface area contributed by atoms with Crippen LogP contribution in [0, 0.1) is 0 Å². The largest absolute Gasteiger partial charge is 0.356 e. The van der Waals surface area contributed by atoms with Crippen LogP contribution >= 0.6 is 35.7 Å². The maximum atomic E-state index is 11.6. The molecule has 0 aliphatic heterocycles. The van der Waals surface area contributed by atoms with E-state index in [0.29, 0.717) is 5.96 Å². The zero-order valence-corrected chi connectivity index (χ0v) is 16.4. The van der Waals surface area contributed by atoms with E-state index in [-0.39, 0.29) is 42.0 Å². The number of halogens is 1. The van der Waals surface area contributed by atoms with Crippen LogP contribution in [0.4, 0.5) is 0 Å². The first-order chi connectivity index (χ1) is 8.89. The Labute approximate surface area is 144 Å². The lowest BCUT2D eigenvalue weighted by atomic mass is 10.1. The molecule has 3 N–H and O–H groups in total. The first-order valence-corrected chi connectivity index (χ1v) is 8.03. The van der Waals surface area contributed by atoms with Crippen molar-refractivity contribution in [2.24, 2.45) is 4.99 Å². The molecule has 0 spiro atoms. The monoisotopic (exact) mass is 416 g/mol. The Morgan fingerprint density at radius 3 is 2.35 bits per heavy atom. The fourth-order valence-electron chi connectivity index (χ4n) is 1.43. The molecule has 0 atom stereocenters. The standard InChI is InChI=1S/C13H28N4OS.HI/c1-13(2,3)17-11(18)10-16-12(14-4)15-8-6-7-9-19-5;/h6-10H2,1-5H3,(H,17,18)(H2,14,15,16);1H. The van der Waals surface area contributed by atoms with Gasteiger partial charge in [0.1, 0.15) is 0 Å². The van der Waals surface area contributed by atoms with Crippen molar-refractivity contribution in [3.8, 4) is 0 Å². The van der Waals surface area contributed by atoms with E-state index in [1.807, 2.05) is 32.5 Å². The minimum Gasteiger partial charge on any atom is -0.356 e. The summed E-state index contributed by atoms with van der Waals surface area (Å²) in [5, 5.41) is 9.10. The highest BCUT2D eigenvalue weighted by Crippen LogP contribution is 1.98. The molecule has 0 heterocycles. The Morgan fingerprint density at radius 1 is 1.20 bits per heavy atom. The summed E-state index contributed by atoms with van der Waals surface area (Å²) in [6, 6.07) is 0. The number of carbonyl (C=O) groups excluding carboxylic acids is 1. The average Bonchev–Trinajstić information content (AvgIpc) is 2.30. The topological polar surface area (TPSA) is 65.5 Å². The molecule has 0 saturated carbocycles. The van der Waals surface area contributed by atoms with Gasteiger partial charge in [-0.15, -0.1) is 24.0 Å². The normalized spacial score (nSPS) is 11.6. The van der Waals surface area contributed by atoms with Gasteiger partial charge < -0.3 is 16.0 Å². The van der Waals surface area contributed by atoms with Crippen molar-refractivity contribution in [1.82, 2.24) is 16.0 Å². The van der Waals surface area contributed by atoms with Crippen molar-refractivity contribution in [2.75, 3.05) is 32.1 Å². The van der Waals surface area contributed by atoms with Gasteiger partial charge in [0, 0.05) is 19.1 Å². The number of hydrogen-bond donors (Lipinski definition) is 3. The lowest BCUT2D eigenvalue weighted by Gasteiger charge is -2.21. The fraction of sp³-hybridized carbons (Fsp3) is 0.846. The van der Waals surface area contributed by atoms with Crippen molar-refractivity contribution in [2.45, 2.75) is 39.2 Å². The van der Waals surface area contributed by atoms with Crippen LogP contribution in [0.15, 0.2) is 4.99 Å². The van der Waals surface area contributed by atoms with Gasteiger partial charge in [-0.2, -0.15) is 11.8 Å². The number of unbranched alkanes of at least 4 members (excludes halogenated alkanes) is 1. The number of hydrogen-bond acceptors (Lipinski definition) is 3. The van der Waals surface area contributed by atoms with Gasteiger partial charge in [-0.05, 0) is 45.6 Å². The maximum absolute atomic E-state index is 11.6. The Morgan fingerprint density at radius 2 is 1.85 bits per heavy atom. The van der Waals surface area contributed by atoms with E-state index >= 15 is 0 Å². The minimum absolute atomic E-state index is 0. The number of aliphatic imine (C=N–C) groups is 1. The molecular formula is C13H29IN4OS. The zero-order valence-electron chi connectivity index (χ0n) is 13.2. The van der Waals surface area contributed by atoms with E-state index in [1.54, 1.807) is 7.05 Å². The second-order valence-corrected chi connectivity index (χ2v) is 6.34. The highest BCUT2D eigenvalue weighted by Gasteiger charge is 2.13. The molecule has 0 bridgehead atoms. The Bertz CT molecular complexity index is 293. The summed E-state index contributed by atoms with van der Waals surface area (Å²) in [4.78, 5) is 15.7. The van der Waals surface area contributed by atoms with E-state index in [4.69, 9.17) is 0 Å². The van der Waals surface area contributed by atoms with Crippen LogP contribution in [0.3, 0.4) is 0 Å². The number of nitrogens with one attached hydrogen (secondary N) is 3. The van der Waals surface area contributed by atoms with Crippen molar-refractivity contribution in [3.63, 3.8) is 0 Å². The highest BCUT2D eigenvalue weighted by molar-refractivity contribution is 14.0. The van der Waals surface area contributed by atoms with Gasteiger partial charge in [0.25, 0.3) is 0 Å². The third kappa shape index (κ3) is 14.2. The molecule has 5 nitrogen and oxygen atoms in total. The van der Waals surface area contributed by atoms with Gasteiger partial charge in [-0.1, -0.05) is 0 Å². The summed E-state index contributed by atoms with van der Waals surface area (Å²) < 4.78 is 0. The molecule has 0 saturated heterocycles. The van der Waals surface area contributed by atoms with Crippen molar-refractivity contribution in [1.29, 1.82) is 0 Å². The van der Waals surface area contributed by atoms with E-state index < -0.39 is 0 Å². The molecule has 0 fully saturated rings. The summed E-state index contributed by atoms with van der Waals surface area (Å²) in [5.74, 6) is 1.83. The van der Waals surface area contributed by atoms with Crippen LogP contribution in [-0.4, -0.2) is 49.6 Å². The van der Waals surface area contributed by atoms with Crippen LogP contribution in [0.2, 0.25) is 0 Å². The van der Waals surface area contributed by atoms with Crippen LogP contribution in [-0.2, 0) is 4.79 Å². The molecule has 1 amide bonds. The fourth-order valence-corrected chi connectivity index (χ4v) is 1.92. The Hall–Kier alpha value is -0.180. The summed E-state index contributed by atoms with van der Waals surface area (Å²) in [7, 11) is 1.71. The number of nitrogens with zero attached hydrogens (tertiary/aromatic N) is 1. The van der Waals surface area contributed by atoms with Crippen LogP contribution in [0.5, 0.6) is 0 Å². The molecule has 0 rings (SSSR count). The van der Waals surface area contributed by atoms with E-state index in [2.05, 4.69) is 27.2 Å². The van der Waals surface area contributed by atoms with Gasteiger partial charge in [-0.25, -0.2) is 0 Å². The van der Waals surface area contributed by atoms with Gasteiger partial charge in [-0.3, -0.25) is 9.79 Å². The SMILES string of the molecule is CN=C(NCCCCSC)NCC(=O)NC(C)(C)C.I. The van der Waals surface area contributed by atoms with Crippen LogP contribution < -0.4 is 16.0 Å². The first kappa shape index (κ1) is 22.1. The molecule has 7 heteroatoms. The van der Waals surface area contributed by atoms with E-state index in [0.717, 1.165) is 13.0 Å². The molecule has 0 aliphatic rings. The summed E-state index contributed by atoms with van der Waals surface area (Å²) >= 11 is 1.86. The molecule has 120 valence electrons. The van der Waals surface area contributed by atoms with Gasteiger partial charge in [0.2, 0.25) is 5.91 Å². The van der Waals surface area contributed by atoms with Crippen LogP contribution in [0.1, 0.15) is 33.6 Å². The van der Waals surface area contributed by atoms with Crippen molar-refractivity contribution >= 4 is 47.6 Å².